The lowest BCUT2D eigenvalue weighted by Gasteiger charge is -2.27. The first-order valence-corrected chi connectivity index (χ1v) is 10.6. The number of carbonyl (C=O) groups excluding carboxylic acids is 1. The Morgan fingerprint density at radius 2 is 1.00 bits per heavy atom. The maximum absolute atomic E-state index is 12.2. The van der Waals surface area contributed by atoms with Crippen LogP contribution in [0.15, 0.2) is 30.3 Å². The fourth-order valence-electron chi connectivity index (χ4n) is 3.11. The van der Waals surface area contributed by atoms with Crippen LogP contribution in [0.2, 0.25) is 0 Å². The summed E-state index contributed by atoms with van der Waals surface area (Å²) >= 11 is 0. The van der Waals surface area contributed by atoms with Crippen LogP contribution in [-0.2, 0) is 30.5 Å². The van der Waals surface area contributed by atoms with Crippen LogP contribution in [-0.4, -0.2) is 124 Å². The summed E-state index contributed by atoms with van der Waals surface area (Å²) in [6.07, 6.45) is 0. The van der Waals surface area contributed by atoms with Gasteiger partial charge in [-0.25, -0.2) is 5.43 Å². The Morgan fingerprint density at radius 3 is 1.46 bits per heavy atom. The van der Waals surface area contributed by atoms with Gasteiger partial charge in [0.15, 0.2) is 0 Å². The Morgan fingerprint density at radius 1 is 0.600 bits per heavy atom. The molecule has 0 fully saturated rings. The van der Waals surface area contributed by atoms with Crippen molar-refractivity contribution in [2.24, 2.45) is 0 Å². The topological polar surface area (TPSA) is 200 Å². The highest BCUT2D eigenvalue weighted by Crippen LogP contribution is 1.98. The molecule has 0 heterocycles. The average Bonchev–Trinajstić information content (AvgIpc) is 2.74. The fraction of sp³-hybridized carbons (Fsp3) is 0.476. The average molecular weight is 498 g/mol. The summed E-state index contributed by atoms with van der Waals surface area (Å²) in [7, 11) is 0. The van der Waals surface area contributed by atoms with E-state index in [4.69, 9.17) is 20.4 Å². The van der Waals surface area contributed by atoms with E-state index in [-0.39, 0.29) is 32.7 Å². The van der Waals surface area contributed by atoms with Crippen LogP contribution in [0, 0.1) is 0 Å². The molecule has 0 bridgehead atoms. The van der Waals surface area contributed by atoms with Crippen LogP contribution in [0.1, 0.15) is 5.56 Å². The smallest absolute Gasteiger partial charge is 0.317 e. The summed E-state index contributed by atoms with van der Waals surface area (Å²) in [6, 6.07) is 9.27. The molecule has 0 aliphatic carbocycles. The molecule has 35 heavy (non-hydrogen) atoms. The Hall–Kier alpha value is -3.59. The number of aliphatic carboxylic acids is 4. The second-order valence-corrected chi connectivity index (χ2v) is 7.66. The zero-order valence-corrected chi connectivity index (χ0v) is 19.1. The minimum Gasteiger partial charge on any atom is -0.480 e. The third kappa shape index (κ3) is 15.0. The number of amides is 1. The van der Waals surface area contributed by atoms with Crippen LogP contribution in [0.4, 0.5) is 0 Å². The first-order chi connectivity index (χ1) is 16.5. The lowest BCUT2D eigenvalue weighted by Crippen LogP contribution is -2.48. The highest BCUT2D eigenvalue weighted by Gasteiger charge is 2.19. The van der Waals surface area contributed by atoms with Gasteiger partial charge in [-0.15, -0.1) is 0 Å². The molecule has 1 rings (SSSR count). The summed E-state index contributed by atoms with van der Waals surface area (Å²) in [5.74, 6) is -5.28. The summed E-state index contributed by atoms with van der Waals surface area (Å²) in [4.78, 5) is 60.4. The van der Waals surface area contributed by atoms with E-state index >= 15 is 0 Å². The quantitative estimate of drug-likeness (QED) is 0.115. The van der Waals surface area contributed by atoms with Crippen molar-refractivity contribution in [3.05, 3.63) is 35.9 Å². The van der Waals surface area contributed by atoms with Gasteiger partial charge in [-0.05, 0) is 5.56 Å². The molecule has 1 amide bonds. The third-order valence-electron chi connectivity index (χ3n) is 4.63. The Labute approximate surface area is 201 Å². The van der Waals surface area contributed by atoms with Gasteiger partial charge in [-0.2, -0.15) is 0 Å². The number of carbonyl (C=O) groups is 5. The van der Waals surface area contributed by atoms with Gasteiger partial charge in [0, 0.05) is 32.7 Å². The molecule has 0 atom stereocenters. The van der Waals surface area contributed by atoms with Crippen LogP contribution >= 0.6 is 0 Å². The zero-order valence-electron chi connectivity index (χ0n) is 19.1. The van der Waals surface area contributed by atoms with Gasteiger partial charge in [0.25, 0.3) is 0 Å². The van der Waals surface area contributed by atoms with Crippen LogP contribution in [0.5, 0.6) is 0 Å². The molecule has 0 aromatic heterocycles. The number of hydrogen-bond donors (Lipinski definition) is 6. The predicted octanol–water partition coefficient (Wildman–Crippen LogP) is -1.95. The molecule has 14 heteroatoms. The van der Waals surface area contributed by atoms with Gasteiger partial charge in [-0.3, -0.25) is 44.1 Å². The lowest BCUT2D eigenvalue weighted by molar-refractivity contribution is -0.143. The number of benzene rings is 1. The monoisotopic (exact) mass is 497 g/mol. The van der Waals surface area contributed by atoms with Crippen molar-refractivity contribution in [3.8, 4) is 0 Å². The molecule has 14 nitrogen and oxygen atoms in total. The van der Waals surface area contributed by atoms with E-state index in [1.165, 1.54) is 9.80 Å². The summed E-state index contributed by atoms with van der Waals surface area (Å²) in [6.45, 7) is -1.78. The standard InChI is InChI=1S/C21H31N5O9/c27-17(23-22-10-16-4-2-1-3-5-16)11-25(13-19(30)31)8-6-24(12-18(28)29)7-9-26(14-20(32)33)15-21(34)35/h1-5,22H,6-15H2,(H,23,27)(H,28,29)(H,30,31)(H,32,33)(H,34,35). The number of nitrogens with zero attached hydrogens (tertiary/aromatic N) is 3. The van der Waals surface area contributed by atoms with Gasteiger partial charge in [0.05, 0.1) is 32.7 Å². The summed E-state index contributed by atoms with van der Waals surface area (Å²) in [5.41, 5.74) is 6.16. The number of carboxylic acid groups (broad SMARTS) is 4. The Bertz CT molecular complexity index is 837. The van der Waals surface area contributed by atoms with Crippen molar-refractivity contribution >= 4 is 29.8 Å². The Balaban J connectivity index is 2.64. The van der Waals surface area contributed by atoms with Gasteiger partial charge in [0.1, 0.15) is 0 Å². The van der Waals surface area contributed by atoms with Crippen molar-refractivity contribution in [1.82, 2.24) is 25.6 Å². The van der Waals surface area contributed by atoms with E-state index < -0.39 is 56.0 Å². The molecule has 0 unspecified atom stereocenters. The van der Waals surface area contributed by atoms with Crippen molar-refractivity contribution in [2.45, 2.75) is 6.54 Å². The maximum Gasteiger partial charge on any atom is 0.317 e. The van der Waals surface area contributed by atoms with Gasteiger partial charge in [0.2, 0.25) is 5.91 Å². The number of rotatable bonds is 19. The van der Waals surface area contributed by atoms with E-state index in [1.807, 2.05) is 30.3 Å². The third-order valence-corrected chi connectivity index (χ3v) is 4.63. The largest absolute Gasteiger partial charge is 0.480 e. The molecule has 0 spiro atoms. The van der Waals surface area contributed by atoms with Crippen molar-refractivity contribution in [3.63, 3.8) is 0 Å². The first kappa shape index (κ1) is 29.4. The number of carboxylic acids is 4. The molecule has 1 aromatic rings. The molecule has 0 aliphatic rings. The normalized spacial score (nSPS) is 11.1. The number of nitrogens with one attached hydrogen (secondary N) is 2. The van der Waals surface area contributed by atoms with Gasteiger partial charge < -0.3 is 20.4 Å². The highest BCUT2D eigenvalue weighted by atomic mass is 16.4. The van der Waals surface area contributed by atoms with Crippen molar-refractivity contribution in [1.29, 1.82) is 0 Å². The number of hydrazine groups is 1. The predicted molar refractivity (Wildman–Crippen MR) is 121 cm³/mol. The molecular weight excluding hydrogens is 466 g/mol. The molecule has 194 valence electrons. The van der Waals surface area contributed by atoms with Crippen LogP contribution in [0.25, 0.3) is 0 Å². The minimum atomic E-state index is -1.23. The zero-order chi connectivity index (χ0) is 26.2. The summed E-state index contributed by atoms with van der Waals surface area (Å²) < 4.78 is 0. The SMILES string of the molecule is O=C(O)CN(CCN(CC(=O)O)CC(=O)O)CCN(CC(=O)O)CC(=O)NNCc1ccccc1. The summed E-state index contributed by atoms with van der Waals surface area (Å²) in [5, 5.41) is 36.2. The van der Waals surface area contributed by atoms with Gasteiger partial charge >= 0.3 is 23.9 Å². The maximum atomic E-state index is 12.2. The lowest BCUT2D eigenvalue weighted by atomic mass is 10.2. The molecule has 1 aromatic carbocycles. The van der Waals surface area contributed by atoms with Gasteiger partial charge in [-0.1, -0.05) is 30.3 Å². The molecular formula is C21H31N5O9. The minimum absolute atomic E-state index is 0.0264. The second kappa shape index (κ2) is 16.1. The van der Waals surface area contributed by atoms with Crippen molar-refractivity contribution < 1.29 is 44.4 Å². The Kier molecular flexibility index (Phi) is 13.5. The van der Waals surface area contributed by atoms with Crippen molar-refractivity contribution in [2.75, 3.05) is 58.9 Å². The van der Waals surface area contributed by atoms with Crippen LogP contribution in [0.3, 0.4) is 0 Å². The first-order valence-electron chi connectivity index (χ1n) is 10.6. The fourth-order valence-corrected chi connectivity index (χ4v) is 3.11. The van der Waals surface area contributed by atoms with E-state index in [0.717, 1.165) is 10.5 Å². The van der Waals surface area contributed by atoms with E-state index in [1.54, 1.807) is 0 Å². The highest BCUT2D eigenvalue weighted by molar-refractivity contribution is 5.78. The van der Waals surface area contributed by atoms with E-state index in [0.29, 0.717) is 6.54 Å². The molecule has 0 saturated heterocycles. The second-order valence-electron chi connectivity index (χ2n) is 7.66. The molecule has 0 aliphatic heterocycles. The molecule has 0 radical (unpaired) electrons. The number of hydrogen-bond acceptors (Lipinski definition) is 9. The molecule has 0 saturated carbocycles. The molecule has 6 N–H and O–H groups in total. The van der Waals surface area contributed by atoms with E-state index in [9.17, 15) is 24.0 Å². The van der Waals surface area contributed by atoms with E-state index in [2.05, 4.69) is 10.9 Å². The van der Waals surface area contributed by atoms with Crippen LogP contribution < -0.4 is 10.9 Å².